The Labute approximate surface area is 77.8 Å². The Balaban J connectivity index is 2.64. The van der Waals surface area contributed by atoms with Crippen molar-refractivity contribution in [2.45, 2.75) is 19.8 Å². The van der Waals surface area contributed by atoms with Gasteiger partial charge in [0.25, 0.3) is 0 Å². The topological polar surface area (TPSA) is 41.8 Å². The van der Waals surface area contributed by atoms with E-state index < -0.39 is 0 Å². The van der Waals surface area contributed by atoms with Crippen LogP contribution in [-0.2, 0) is 6.42 Å². The Morgan fingerprint density at radius 3 is 2.85 bits per heavy atom. The van der Waals surface area contributed by atoms with Crippen molar-refractivity contribution in [3.63, 3.8) is 0 Å². The molecule has 2 aromatic rings. The van der Waals surface area contributed by atoms with Gasteiger partial charge in [-0.2, -0.15) is 0 Å². The van der Waals surface area contributed by atoms with E-state index in [2.05, 4.69) is 30.1 Å². The van der Waals surface area contributed by atoms with Crippen LogP contribution >= 0.6 is 0 Å². The van der Waals surface area contributed by atoms with Gasteiger partial charge >= 0.3 is 0 Å². The molecule has 0 bridgehead atoms. The highest BCUT2D eigenvalue weighted by Gasteiger charge is 2.06. The molecule has 0 fully saturated rings. The largest absolute Gasteiger partial charge is 0.385 e. The summed E-state index contributed by atoms with van der Waals surface area (Å²) in [5, 5.41) is 1.27. The first-order valence-electron chi connectivity index (χ1n) is 4.68. The summed E-state index contributed by atoms with van der Waals surface area (Å²) in [5.74, 6) is 0.822. The molecule has 0 saturated heterocycles. The van der Waals surface area contributed by atoms with Crippen LogP contribution in [0.15, 0.2) is 24.3 Å². The van der Waals surface area contributed by atoms with E-state index in [4.69, 9.17) is 5.73 Å². The van der Waals surface area contributed by atoms with E-state index >= 15 is 0 Å². The number of anilines is 1. The van der Waals surface area contributed by atoms with Crippen LogP contribution in [-0.4, -0.2) is 4.98 Å². The minimum absolute atomic E-state index is 0.822. The van der Waals surface area contributed by atoms with Gasteiger partial charge in [0.05, 0.1) is 0 Å². The lowest BCUT2D eigenvalue weighted by Gasteiger charge is -1.96. The number of H-pyrrole nitrogens is 1. The third-order valence-corrected chi connectivity index (χ3v) is 2.35. The van der Waals surface area contributed by atoms with Crippen molar-refractivity contribution in [2.24, 2.45) is 0 Å². The molecule has 0 aliphatic rings. The van der Waals surface area contributed by atoms with Crippen LogP contribution in [0.4, 0.5) is 5.82 Å². The highest BCUT2D eigenvalue weighted by molar-refractivity contribution is 5.88. The number of aromatic nitrogens is 1. The molecule has 2 heteroatoms. The number of nitrogen functional groups attached to an aromatic ring is 1. The van der Waals surface area contributed by atoms with E-state index in [0.29, 0.717) is 0 Å². The fourth-order valence-electron chi connectivity index (χ4n) is 1.74. The minimum atomic E-state index is 0.822. The lowest BCUT2D eigenvalue weighted by atomic mass is 10.1. The number of hydrogen-bond donors (Lipinski definition) is 2. The fourth-order valence-corrected chi connectivity index (χ4v) is 1.74. The van der Waals surface area contributed by atoms with Crippen LogP contribution in [0.2, 0.25) is 0 Å². The molecule has 3 N–H and O–H groups in total. The Bertz CT molecular complexity index is 415. The van der Waals surface area contributed by atoms with Crippen LogP contribution in [0.1, 0.15) is 18.9 Å². The van der Waals surface area contributed by atoms with Crippen LogP contribution in [0, 0.1) is 0 Å². The van der Waals surface area contributed by atoms with E-state index in [9.17, 15) is 0 Å². The van der Waals surface area contributed by atoms with Crippen LogP contribution in [0.5, 0.6) is 0 Å². The van der Waals surface area contributed by atoms with E-state index in [1.165, 1.54) is 10.9 Å². The van der Waals surface area contributed by atoms with Crippen molar-refractivity contribution in [1.29, 1.82) is 0 Å². The Morgan fingerprint density at radius 2 is 2.08 bits per heavy atom. The molecule has 1 aromatic carbocycles. The molecule has 13 heavy (non-hydrogen) atoms. The molecular weight excluding hydrogens is 160 g/mol. The van der Waals surface area contributed by atoms with Crippen molar-refractivity contribution >= 4 is 16.7 Å². The van der Waals surface area contributed by atoms with E-state index in [1.807, 2.05) is 6.07 Å². The molecule has 0 saturated carbocycles. The normalized spacial score (nSPS) is 10.8. The molecule has 0 amide bonds. The summed E-state index contributed by atoms with van der Waals surface area (Å²) < 4.78 is 0. The smallest absolute Gasteiger partial charge is 0.104 e. The van der Waals surface area contributed by atoms with E-state index in [-0.39, 0.29) is 0 Å². The SMILES string of the molecule is CCCc1c(N)[nH]c2ccccc12. The summed E-state index contributed by atoms with van der Waals surface area (Å²) in [6, 6.07) is 8.25. The molecular formula is C11H14N2. The number of aromatic amines is 1. The van der Waals surface area contributed by atoms with Crippen molar-refractivity contribution in [3.05, 3.63) is 29.8 Å². The number of rotatable bonds is 2. The van der Waals surface area contributed by atoms with Crippen LogP contribution in [0.25, 0.3) is 10.9 Å². The van der Waals surface area contributed by atoms with Gasteiger partial charge in [0, 0.05) is 16.5 Å². The van der Waals surface area contributed by atoms with Gasteiger partial charge < -0.3 is 10.7 Å². The summed E-state index contributed by atoms with van der Waals surface area (Å²) in [6.45, 7) is 2.17. The van der Waals surface area contributed by atoms with Gasteiger partial charge in [0.2, 0.25) is 0 Å². The summed E-state index contributed by atoms with van der Waals surface area (Å²) in [5.41, 5.74) is 8.29. The first-order chi connectivity index (χ1) is 6.33. The number of para-hydroxylation sites is 1. The summed E-state index contributed by atoms with van der Waals surface area (Å²) in [7, 11) is 0. The number of hydrogen-bond acceptors (Lipinski definition) is 1. The molecule has 1 heterocycles. The molecule has 1 aromatic heterocycles. The maximum absolute atomic E-state index is 5.88. The highest BCUT2D eigenvalue weighted by atomic mass is 14.8. The highest BCUT2D eigenvalue weighted by Crippen LogP contribution is 2.24. The number of aryl methyl sites for hydroxylation is 1. The maximum atomic E-state index is 5.88. The zero-order valence-electron chi connectivity index (χ0n) is 7.80. The molecule has 0 radical (unpaired) electrons. The van der Waals surface area contributed by atoms with Crippen molar-refractivity contribution in [3.8, 4) is 0 Å². The van der Waals surface area contributed by atoms with Gasteiger partial charge in [-0.25, -0.2) is 0 Å². The zero-order chi connectivity index (χ0) is 9.26. The molecule has 0 spiro atoms. The van der Waals surface area contributed by atoms with Gasteiger partial charge in [-0.1, -0.05) is 31.5 Å². The first kappa shape index (κ1) is 8.17. The summed E-state index contributed by atoms with van der Waals surface area (Å²) >= 11 is 0. The minimum Gasteiger partial charge on any atom is -0.385 e. The number of fused-ring (bicyclic) bond motifs is 1. The number of nitrogens with two attached hydrogens (primary N) is 1. The Hall–Kier alpha value is -1.44. The van der Waals surface area contributed by atoms with Gasteiger partial charge in [-0.05, 0) is 12.5 Å². The predicted molar refractivity (Wildman–Crippen MR) is 56.7 cm³/mol. The average Bonchev–Trinajstić information content (AvgIpc) is 2.44. The van der Waals surface area contributed by atoms with Gasteiger partial charge in [0.15, 0.2) is 0 Å². The fraction of sp³-hybridized carbons (Fsp3) is 0.273. The van der Waals surface area contributed by atoms with E-state index in [1.54, 1.807) is 0 Å². The molecule has 0 unspecified atom stereocenters. The van der Waals surface area contributed by atoms with Crippen LogP contribution in [0.3, 0.4) is 0 Å². The van der Waals surface area contributed by atoms with Gasteiger partial charge in [0.1, 0.15) is 5.82 Å². The zero-order valence-corrected chi connectivity index (χ0v) is 7.80. The molecule has 68 valence electrons. The monoisotopic (exact) mass is 174 g/mol. The lowest BCUT2D eigenvalue weighted by molar-refractivity contribution is 0.931. The van der Waals surface area contributed by atoms with Crippen LogP contribution < -0.4 is 5.73 Å². The van der Waals surface area contributed by atoms with Crippen molar-refractivity contribution in [2.75, 3.05) is 5.73 Å². The molecule has 0 atom stereocenters. The molecule has 0 aliphatic heterocycles. The molecule has 2 nitrogen and oxygen atoms in total. The van der Waals surface area contributed by atoms with Crippen molar-refractivity contribution < 1.29 is 0 Å². The molecule has 0 aliphatic carbocycles. The van der Waals surface area contributed by atoms with Crippen molar-refractivity contribution in [1.82, 2.24) is 4.98 Å². The lowest BCUT2D eigenvalue weighted by Crippen LogP contribution is -1.90. The standard InChI is InChI=1S/C11H14N2/c1-2-5-9-8-6-3-4-7-10(8)13-11(9)12/h3-4,6-7,13H,2,5,12H2,1H3. The second-order valence-corrected chi connectivity index (χ2v) is 3.31. The maximum Gasteiger partial charge on any atom is 0.104 e. The van der Waals surface area contributed by atoms with E-state index in [0.717, 1.165) is 24.2 Å². The second kappa shape index (κ2) is 3.13. The quantitative estimate of drug-likeness (QED) is 0.722. The predicted octanol–water partition coefficient (Wildman–Crippen LogP) is 2.70. The Morgan fingerprint density at radius 1 is 1.31 bits per heavy atom. The third kappa shape index (κ3) is 1.28. The molecule has 2 rings (SSSR count). The first-order valence-corrected chi connectivity index (χ1v) is 4.68. The Kier molecular flexibility index (Phi) is 1.97. The summed E-state index contributed by atoms with van der Waals surface area (Å²) in [6.07, 6.45) is 2.18. The van der Waals surface area contributed by atoms with Gasteiger partial charge in [-0.15, -0.1) is 0 Å². The summed E-state index contributed by atoms with van der Waals surface area (Å²) in [4.78, 5) is 3.19. The van der Waals surface area contributed by atoms with Gasteiger partial charge in [-0.3, -0.25) is 0 Å². The number of nitrogens with one attached hydrogen (secondary N) is 1. The number of benzene rings is 1. The average molecular weight is 174 g/mol. The second-order valence-electron chi connectivity index (χ2n) is 3.31. The third-order valence-electron chi connectivity index (χ3n) is 2.35.